The largest absolute Gasteiger partial charge is 0.414 e. The molecule has 182 valence electrons. The van der Waals surface area contributed by atoms with Gasteiger partial charge in [0.15, 0.2) is 6.23 Å². The molecule has 2 fully saturated rings. The third-order valence-corrected chi connectivity index (χ3v) is 17.0. The highest BCUT2D eigenvalue weighted by atomic mass is 28.5. The summed E-state index contributed by atoms with van der Waals surface area (Å²) >= 11 is 0. The third kappa shape index (κ3) is 4.24. The lowest BCUT2D eigenvalue weighted by Gasteiger charge is -2.51. The molecule has 2 aliphatic rings. The molecular weight excluding hydrogens is 446 g/mol. The molecule has 0 aromatic carbocycles. The van der Waals surface area contributed by atoms with Crippen LogP contribution in [0.1, 0.15) is 61.6 Å². The number of nitrogen functional groups attached to an aromatic ring is 1. The Balaban J connectivity index is 2.07. The maximum Gasteiger partial charge on any atom is 0.351 e. The van der Waals surface area contributed by atoms with Crippen molar-refractivity contribution in [2.75, 3.05) is 12.3 Å². The second-order valence-corrected chi connectivity index (χ2v) is 19.0. The van der Waals surface area contributed by atoms with E-state index in [0.29, 0.717) is 0 Å². The summed E-state index contributed by atoms with van der Waals surface area (Å²) in [6, 6.07) is 1.51. The smallest absolute Gasteiger partial charge is 0.351 e. The van der Waals surface area contributed by atoms with Crippen LogP contribution in [0, 0.1) is 0 Å². The van der Waals surface area contributed by atoms with E-state index in [0.717, 1.165) is 0 Å². The SMILES string of the molecule is CC(C)[Si]1(C(C)C)OC[C@@H]2O[C@@H](n3ccc(N)nc3=O)[C@H](O)[C@H]2O[Si](C(C)C)(C(C)C)O1. The van der Waals surface area contributed by atoms with Crippen molar-refractivity contribution in [2.45, 2.75) is 102 Å². The first-order valence-electron chi connectivity index (χ1n) is 11.6. The molecule has 3 rings (SSSR count). The summed E-state index contributed by atoms with van der Waals surface area (Å²) in [4.78, 5) is 16.2. The average molecular weight is 486 g/mol. The zero-order valence-electron chi connectivity index (χ0n) is 20.4. The lowest BCUT2D eigenvalue weighted by Crippen LogP contribution is -2.65. The Morgan fingerprint density at radius 3 is 2.12 bits per heavy atom. The number of nitrogens with zero attached hydrogens (tertiary/aromatic N) is 2. The van der Waals surface area contributed by atoms with Gasteiger partial charge in [-0.15, -0.1) is 0 Å². The first-order chi connectivity index (χ1) is 14.9. The van der Waals surface area contributed by atoms with Crippen LogP contribution in [0.2, 0.25) is 22.2 Å². The van der Waals surface area contributed by atoms with Gasteiger partial charge in [-0.05, 0) is 28.2 Å². The summed E-state index contributed by atoms with van der Waals surface area (Å²) in [6.45, 7) is 17.3. The zero-order chi connectivity index (χ0) is 24.0. The number of aromatic nitrogens is 2. The standard InChI is InChI=1S/C21H39N3O6Si2/c1-12(2)31(13(3)4)27-11-16-19(29-32(30-31,14(5)6)15(7)8)18(25)20(28-16)24-10-9-17(22)23-21(24)26/h9-10,12-16,18-20,25H,11H2,1-8H3,(H2,22,23,26)/t16-,18+,19-,20+/m0/s1. The second-order valence-electron chi connectivity index (χ2n) is 10.2. The summed E-state index contributed by atoms with van der Waals surface area (Å²) in [5.74, 6) is 0.119. The number of aliphatic hydroxyl groups is 1. The molecule has 2 saturated heterocycles. The van der Waals surface area contributed by atoms with Crippen LogP contribution in [0.15, 0.2) is 17.1 Å². The Morgan fingerprint density at radius 2 is 1.62 bits per heavy atom. The molecule has 0 bridgehead atoms. The third-order valence-electron chi connectivity index (χ3n) is 6.77. The molecular formula is C21H39N3O6Si2. The number of anilines is 1. The fourth-order valence-electron chi connectivity index (χ4n) is 4.99. The molecule has 4 atom stereocenters. The predicted octanol–water partition coefficient (Wildman–Crippen LogP) is 3.04. The van der Waals surface area contributed by atoms with Gasteiger partial charge in [-0.1, -0.05) is 55.4 Å². The molecule has 0 amide bonds. The van der Waals surface area contributed by atoms with E-state index < -0.39 is 47.4 Å². The molecule has 0 saturated carbocycles. The van der Waals surface area contributed by atoms with Gasteiger partial charge in [0.25, 0.3) is 0 Å². The fraction of sp³-hybridized carbons (Fsp3) is 0.810. The molecule has 2 aliphatic heterocycles. The summed E-state index contributed by atoms with van der Waals surface area (Å²) in [7, 11) is -5.59. The first kappa shape index (κ1) is 25.5. The number of nitrogens with two attached hydrogens (primary N) is 1. The van der Waals surface area contributed by atoms with Gasteiger partial charge in [-0.3, -0.25) is 4.57 Å². The molecule has 1 aromatic rings. The number of hydrogen-bond donors (Lipinski definition) is 2. The van der Waals surface area contributed by atoms with Gasteiger partial charge in [-0.2, -0.15) is 4.98 Å². The topological polar surface area (TPSA) is 118 Å². The first-order valence-corrected chi connectivity index (χ1v) is 15.5. The minimum Gasteiger partial charge on any atom is -0.414 e. The maximum absolute atomic E-state index is 12.4. The molecule has 0 spiro atoms. The molecule has 3 N–H and O–H groups in total. The fourth-order valence-corrected chi connectivity index (χ4v) is 16.2. The van der Waals surface area contributed by atoms with Gasteiger partial charge in [0.1, 0.15) is 24.1 Å². The summed E-state index contributed by atoms with van der Waals surface area (Å²) in [5.41, 5.74) is 5.72. The van der Waals surface area contributed by atoms with Crippen molar-refractivity contribution in [1.29, 1.82) is 0 Å². The molecule has 0 aliphatic carbocycles. The van der Waals surface area contributed by atoms with E-state index >= 15 is 0 Å². The summed E-state index contributed by atoms with van der Waals surface area (Å²) < 4.78 is 28.1. The van der Waals surface area contributed by atoms with Crippen LogP contribution in [0.4, 0.5) is 5.82 Å². The highest BCUT2D eigenvalue weighted by Gasteiger charge is 2.61. The van der Waals surface area contributed by atoms with Gasteiger partial charge in [-0.25, -0.2) is 4.79 Å². The number of hydrogen-bond acceptors (Lipinski definition) is 8. The van der Waals surface area contributed by atoms with Gasteiger partial charge in [0.2, 0.25) is 0 Å². The van der Waals surface area contributed by atoms with Gasteiger partial charge < -0.3 is 28.5 Å². The van der Waals surface area contributed by atoms with Gasteiger partial charge >= 0.3 is 22.8 Å². The number of rotatable bonds is 5. The Labute approximate surface area is 192 Å². The van der Waals surface area contributed by atoms with Crippen LogP contribution < -0.4 is 11.4 Å². The average Bonchev–Trinajstić information content (AvgIpc) is 2.96. The Bertz CT molecular complexity index is 846. The van der Waals surface area contributed by atoms with E-state index in [1.807, 2.05) is 0 Å². The van der Waals surface area contributed by atoms with Crippen LogP contribution in [-0.4, -0.2) is 56.7 Å². The van der Waals surface area contributed by atoms with E-state index in [1.165, 1.54) is 16.8 Å². The van der Waals surface area contributed by atoms with Crippen LogP contribution in [0.5, 0.6) is 0 Å². The normalized spacial score (nSPS) is 30.0. The van der Waals surface area contributed by atoms with Crippen molar-refractivity contribution in [1.82, 2.24) is 9.55 Å². The molecule has 0 unspecified atom stereocenters. The lowest BCUT2D eigenvalue weighted by atomic mass is 10.1. The van der Waals surface area contributed by atoms with E-state index in [9.17, 15) is 9.90 Å². The van der Waals surface area contributed by atoms with Crippen molar-refractivity contribution in [2.24, 2.45) is 0 Å². The molecule has 0 radical (unpaired) electrons. The van der Waals surface area contributed by atoms with E-state index in [-0.39, 0.29) is 34.6 Å². The predicted molar refractivity (Wildman–Crippen MR) is 127 cm³/mol. The molecule has 32 heavy (non-hydrogen) atoms. The lowest BCUT2D eigenvalue weighted by molar-refractivity contribution is -0.0600. The van der Waals surface area contributed by atoms with Crippen molar-refractivity contribution < 1.29 is 22.8 Å². The van der Waals surface area contributed by atoms with E-state index in [2.05, 4.69) is 60.4 Å². The van der Waals surface area contributed by atoms with Crippen LogP contribution in [0.25, 0.3) is 0 Å². The van der Waals surface area contributed by atoms with Crippen LogP contribution in [-0.2, 0) is 17.7 Å². The van der Waals surface area contributed by atoms with Crippen molar-refractivity contribution >= 4 is 22.9 Å². The zero-order valence-corrected chi connectivity index (χ0v) is 22.4. The minimum atomic E-state index is -2.89. The Hall–Kier alpha value is -1.09. The molecule has 3 heterocycles. The summed E-state index contributed by atoms with van der Waals surface area (Å²) in [6.07, 6.45) is -1.73. The summed E-state index contributed by atoms with van der Waals surface area (Å²) in [5, 5.41) is 11.2. The number of fused-ring (bicyclic) bond motifs is 1. The number of aliphatic hydroxyl groups excluding tert-OH is 1. The Morgan fingerprint density at radius 1 is 1.06 bits per heavy atom. The van der Waals surface area contributed by atoms with Crippen molar-refractivity contribution in [3.63, 3.8) is 0 Å². The van der Waals surface area contributed by atoms with Crippen LogP contribution in [0.3, 0.4) is 0 Å². The highest BCUT2D eigenvalue weighted by molar-refractivity contribution is 6.83. The van der Waals surface area contributed by atoms with Crippen LogP contribution >= 0.6 is 0 Å². The van der Waals surface area contributed by atoms with Crippen molar-refractivity contribution in [3.05, 3.63) is 22.7 Å². The molecule has 1 aromatic heterocycles. The second kappa shape index (κ2) is 9.28. The number of ether oxygens (including phenoxy) is 1. The van der Waals surface area contributed by atoms with E-state index in [4.69, 9.17) is 23.4 Å². The molecule has 9 nitrogen and oxygen atoms in total. The molecule has 11 heteroatoms. The minimum absolute atomic E-state index is 0.119. The monoisotopic (exact) mass is 485 g/mol. The van der Waals surface area contributed by atoms with E-state index in [1.54, 1.807) is 0 Å². The van der Waals surface area contributed by atoms with Gasteiger partial charge in [0, 0.05) is 6.20 Å². The van der Waals surface area contributed by atoms with Crippen molar-refractivity contribution in [3.8, 4) is 0 Å². The quantitative estimate of drug-likeness (QED) is 0.611. The highest BCUT2D eigenvalue weighted by Crippen LogP contribution is 2.48. The van der Waals surface area contributed by atoms with Gasteiger partial charge in [0.05, 0.1) is 6.61 Å². The Kier molecular flexibility index (Phi) is 7.40. The maximum atomic E-state index is 12.4.